The van der Waals surface area contributed by atoms with Gasteiger partial charge in [0, 0.05) is 18.7 Å². The van der Waals surface area contributed by atoms with Crippen molar-refractivity contribution in [2.75, 3.05) is 17.6 Å². The Labute approximate surface area is 104 Å². The lowest BCUT2D eigenvalue weighted by atomic mass is 10.2. The van der Waals surface area contributed by atoms with Crippen LogP contribution in [0.1, 0.15) is 12.8 Å². The van der Waals surface area contributed by atoms with Crippen molar-refractivity contribution < 1.29 is 4.79 Å². The molecule has 6 heteroatoms. The van der Waals surface area contributed by atoms with Crippen LogP contribution >= 0.6 is 23.2 Å². The van der Waals surface area contributed by atoms with E-state index in [4.69, 9.17) is 34.7 Å². The Hall–Kier alpha value is -1.13. The molecule has 0 saturated carbocycles. The zero-order chi connectivity index (χ0) is 12.1. The number of rotatable bonds is 5. The van der Waals surface area contributed by atoms with Gasteiger partial charge in [0.15, 0.2) is 0 Å². The van der Waals surface area contributed by atoms with Crippen LogP contribution in [0.4, 0.5) is 11.4 Å². The van der Waals surface area contributed by atoms with Crippen LogP contribution < -0.4 is 16.8 Å². The lowest BCUT2D eigenvalue weighted by Crippen LogP contribution is -2.12. The van der Waals surface area contributed by atoms with Gasteiger partial charge < -0.3 is 16.8 Å². The van der Waals surface area contributed by atoms with Crippen LogP contribution in [0.3, 0.4) is 0 Å². The molecule has 0 aliphatic carbocycles. The smallest absolute Gasteiger partial charge is 0.217 e. The maximum Gasteiger partial charge on any atom is 0.217 e. The van der Waals surface area contributed by atoms with Gasteiger partial charge in [0.2, 0.25) is 5.91 Å². The summed E-state index contributed by atoms with van der Waals surface area (Å²) in [6.07, 6.45) is 0.962. The van der Waals surface area contributed by atoms with Crippen LogP contribution in [-0.2, 0) is 4.79 Å². The molecular weight excluding hydrogens is 249 g/mol. The van der Waals surface area contributed by atoms with Crippen molar-refractivity contribution in [1.29, 1.82) is 0 Å². The molecule has 0 aromatic heterocycles. The second kappa shape index (κ2) is 5.82. The van der Waals surface area contributed by atoms with E-state index >= 15 is 0 Å². The Bertz CT molecular complexity index is 373. The zero-order valence-electron chi connectivity index (χ0n) is 8.59. The number of nitrogen functional groups attached to an aromatic ring is 1. The van der Waals surface area contributed by atoms with Crippen LogP contribution in [0.25, 0.3) is 0 Å². The number of primary amides is 1. The fraction of sp³-hybridized carbons (Fsp3) is 0.300. The van der Waals surface area contributed by atoms with Crippen molar-refractivity contribution in [3.63, 3.8) is 0 Å². The molecule has 16 heavy (non-hydrogen) atoms. The van der Waals surface area contributed by atoms with Gasteiger partial charge in [-0.25, -0.2) is 0 Å². The van der Waals surface area contributed by atoms with Crippen molar-refractivity contribution in [2.45, 2.75) is 12.8 Å². The van der Waals surface area contributed by atoms with E-state index in [1.165, 1.54) is 0 Å². The summed E-state index contributed by atoms with van der Waals surface area (Å²) in [5.74, 6) is -0.323. The summed E-state index contributed by atoms with van der Waals surface area (Å²) >= 11 is 11.9. The Kier molecular flexibility index (Phi) is 4.71. The first-order chi connectivity index (χ1) is 7.50. The highest BCUT2D eigenvalue weighted by Crippen LogP contribution is 2.32. The number of amides is 1. The molecule has 0 aliphatic heterocycles. The van der Waals surface area contributed by atoms with Crippen molar-refractivity contribution in [2.24, 2.45) is 5.73 Å². The topological polar surface area (TPSA) is 81.1 Å². The molecule has 0 fully saturated rings. The van der Waals surface area contributed by atoms with Crippen LogP contribution in [0.15, 0.2) is 12.1 Å². The predicted molar refractivity (Wildman–Crippen MR) is 67.8 cm³/mol. The summed E-state index contributed by atoms with van der Waals surface area (Å²) in [4.78, 5) is 10.5. The second-order valence-electron chi connectivity index (χ2n) is 3.36. The highest BCUT2D eigenvalue weighted by Gasteiger charge is 2.06. The van der Waals surface area contributed by atoms with Crippen molar-refractivity contribution in [3.05, 3.63) is 22.2 Å². The predicted octanol–water partition coefficient (Wildman–Crippen LogP) is 2.25. The SMILES string of the molecule is NC(=O)CCCNc1c(Cl)cc(N)cc1Cl. The summed E-state index contributed by atoms with van der Waals surface area (Å²) in [5.41, 5.74) is 11.7. The second-order valence-corrected chi connectivity index (χ2v) is 4.17. The van der Waals surface area contributed by atoms with E-state index in [0.717, 1.165) is 0 Å². The zero-order valence-corrected chi connectivity index (χ0v) is 10.1. The Balaban J connectivity index is 2.57. The van der Waals surface area contributed by atoms with E-state index in [9.17, 15) is 4.79 Å². The first-order valence-electron chi connectivity index (χ1n) is 4.77. The lowest BCUT2D eigenvalue weighted by Gasteiger charge is -2.10. The minimum Gasteiger partial charge on any atom is -0.399 e. The van der Waals surface area contributed by atoms with E-state index in [1.807, 2.05) is 0 Å². The minimum atomic E-state index is -0.323. The Morgan fingerprint density at radius 2 is 1.88 bits per heavy atom. The molecule has 0 unspecified atom stereocenters. The molecule has 1 rings (SSSR count). The van der Waals surface area contributed by atoms with Crippen molar-refractivity contribution in [1.82, 2.24) is 0 Å². The quantitative estimate of drug-likeness (QED) is 0.562. The van der Waals surface area contributed by atoms with Crippen molar-refractivity contribution >= 4 is 40.5 Å². The molecule has 0 saturated heterocycles. The van der Waals surface area contributed by atoms with Crippen molar-refractivity contribution in [3.8, 4) is 0 Å². The van der Waals surface area contributed by atoms with Gasteiger partial charge in [-0.15, -0.1) is 0 Å². The number of nitrogens with two attached hydrogens (primary N) is 2. The maximum atomic E-state index is 10.5. The van der Waals surface area contributed by atoms with Gasteiger partial charge in [-0.2, -0.15) is 0 Å². The number of hydrogen-bond donors (Lipinski definition) is 3. The van der Waals surface area contributed by atoms with E-state index in [0.29, 0.717) is 40.8 Å². The molecule has 1 aromatic rings. The van der Waals surface area contributed by atoms with Crippen LogP contribution in [0, 0.1) is 0 Å². The number of nitrogens with one attached hydrogen (secondary N) is 1. The molecule has 0 atom stereocenters. The van der Waals surface area contributed by atoms with Gasteiger partial charge in [0.05, 0.1) is 15.7 Å². The largest absolute Gasteiger partial charge is 0.399 e. The molecule has 0 bridgehead atoms. The summed E-state index contributed by atoms with van der Waals surface area (Å²) in [5, 5.41) is 3.96. The third-order valence-electron chi connectivity index (χ3n) is 1.97. The molecule has 0 heterocycles. The number of carbonyl (C=O) groups is 1. The average molecular weight is 262 g/mol. The monoisotopic (exact) mass is 261 g/mol. The molecule has 5 N–H and O–H groups in total. The number of carbonyl (C=O) groups excluding carboxylic acids is 1. The Morgan fingerprint density at radius 1 is 1.31 bits per heavy atom. The summed E-state index contributed by atoms with van der Waals surface area (Å²) in [6, 6.07) is 3.23. The fourth-order valence-corrected chi connectivity index (χ4v) is 1.88. The molecule has 0 aliphatic rings. The molecule has 4 nitrogen and oxygen atoms in total. The van der Waals surface area contributed by atoms with Gasteiger partial charge in [-0.1, -0.05) is 23.2 Å². The fourth-order valence-electron chi connectivity index (χ4n) is 1.24. The molecule has 0 radical (unpaired) electrons. The molecule has 0 spiro atoms. The molecular formula is C10H13Cl2N3O. The number of halogens is 2. The van der Waals surface area contributed by atoms with Gasteiger partial charge >= 0.3 is 0 Å². The van der Waals surface area contributed by atoms with E-state index in [1.54, 1.807) is 12.1 Å². The van der Waals surface area contributed by atoms with Gasteiger partial charge in [0.1, 0.15) is 0 Å². The molecule has 1 aromatic carbocycles. The van der Waals surface area contributed by atoms with E-state index in [2.05, 4.69) is 5.32 Å². The summed E-state index contributed by atoms with van der Waals surface area (Å²) < 4.78 is 0. The van der Waals surface area contributed by atoms with Gasteiger partial charge in [0.25, 0.3) is 0 Å². The average Bonchev–Trinajstić information content (AvgIpc) is 2.14. The Morgan fingerprint density at radius 3 is 2.38 bits per heavy atom. The van der Waals surface area contributed by atoms with Crippen LogP contribution in [0.2, 0.25) is 10.0 Å². The molecule has 1 amide bonds. The van der Waals surface area contributed by atoms with E-state index in [-0.39, 0.29) is 5.91 Å². The maximum absolute atomic E-state index is 10.5. The van der Waals surface area contributed by atoms with Crippen LogP contribution in [-0.4, -0.2) is 12.5 Å². The number of hydrogen-bond acceptors (Lipinski definition) is 3. The normalized spacial score (nSPS) is 10.1. The minimum absolute atomic E-state index is 0.323. The number of anilines is 2. The first-order valence-corrected chi connectivity index (χ1v) is 5.53. The highest BCUT2D eigenvalue weighted by molar-refractivity contribution is 6.39. The lowest BCUT2D eigenvalue weighted by molar-refractivity contribution is -0.118. The third kappa shape index (κ3) is 3.79. The summed E-state index contributed by atoms with van der Waals surface area (Å²) in [6.45, 7) is 0.576. The van der Waals surface area contributed by atoms with Gasteiger partial charge in [-0.3, -0.25) is 4.79 Å². The van der Waals surface area contributed by atoms with Gasteiger partial charge in [-0.05, 0) is 18.6 Å². The standard InChI is InChI=1S/C10H13Cl2N3O/c11-7-4-6(13)5-8(12)10(7)15-3-1-2-9(14)16/h4-5,15H,1-3,13H2,(H2,14,16). The number of benzene rings is 1. The third-order valence-corrected chi connectivity index (χ3v) is 2.56. The molecule has 88 valence electrons. The highest BCUT2D eigenvalue weighted by atomic mass is 35.5. The van der Waals surface area contributed by atoms with E-state index < -0.39 is 0 Å². The summed E-state index contributed by atoms with van der Waals surface area (Å²) in [7, 11) is 0. The van der Waals surface area contributed by atoms with Crippen LogP contribution in [0.5, 0.6) is 0 Å². The first kappa shape index (κ1) is 12.9.